The Morgan fingerprint density at radius 2 is 1.41 bits per heavy atom. The summed E-state index contributed by atoms with van der Waals surface area (Å²) < 4.78 is 0. The predicted octanol–water partition coefficient (Wildman–Crippen LogP) is 3.63. The van der Waals surface area contributed by atoms with Crippen LogP contribution >= 0.6 is 0 Å². The van der Waals surface area contributed by atoms with E-state index in [0.717, 1.165) is 116 Å². The van der Waals surface area contributed by atoms with E-state index in [4.69, 9.17) is 15.0 Å². The molecule has 0 fully saturated rings. The van der Waals surface area contributed by atoms with Gasteiger partial charge in [-0.05, 0) is 52.1 Å². The second-order valence-corrected chi connectivity index (χ2v) is 10.9. The Hall–Kier alpha value is -4.79. The lowest BCUT2D eigenvalue weighted by atomic mass is 9.98. The highest BCUT2D eigenvalue weighted by molar-refractivity contribution is 6.10. The van der Waals surface area contributed by atoms with E-state index in [1.807, 2.05) is 0 Å². The maximum atomic E-state index is 4.98. The van der Waals surface area contributed by atoms with E-state index in [2.05, 4.69) is 91.5 Å². The summed E-state index contributed by atoms with van der Waals surface area (Å²) in [5.74, 6) is 2.91. The Morgan fingerprint density at radius 3 is 2.12 bits per heavy atom. The fourth-order valence-corrected chi connectivity index (χ4v) is 6.07. The van der Waals surface area contributed by atoms with Crippen molar-refractivity contribution in [1.82, 2.24) is 15.5 Å². The van der Waals surface area contributed by atoms with Gasteiger partial charge in [0, 0.05) is 44.6 Å². The molecule has 0 aliphatic carbocycles. The molecule has 0 spiro atoms. The predicted molar refractivity (Wildman–Crippen MR) is 166 cm³/mol. The van der Waals surface area contributed by atoms with Crippen LogP contribution in [-0.4, -0.2) is 73.3 Å². The molecule has 5 heterocycles. The number of amidine groups is 1. The second kappa shape index (κ2) is 9.99. The van der Waals surface area contributed by atoms with Crippen molar-refractivity contribution in [2.45, 2.75) is 19.3 Å². The van der Waals surface area contributed by atoms with Gasteiger partial charge in [0.05, 0.1) is 42.4 Å². The number of nitrogens with one attached hydrogen (secondary N) is 3. The molecule has 0 atom stereocenters. The Kier molecular flexibility index (Phi) is 5.86. The lowest BCUT2D eigenvalue weighted by molar-refractivity contribution is 0.635. The first-order valence-electron chi connectivity index (χ1n) is 14.4. The Bertz CT molecular complexity index is 1690. The number of rotatable bonds is 5. The van der Waals surface area contributed by atoms with Crippen LogP contribution in [0.25, 0.3) is 0 Å². The molecule has 0 saturated carbocycles. The van der Waals surface area contributed by atoms with Gasteiger partial charge in [0.2, 0.25) is 0 Å². The van der Waals surface area contributed by atoms with E-state index in [9.17, 15) is 0 Å². The van der Waals surface area contributed by atoms with Crippen LogP contribution in [0.4, 0.5) is 17.1 Å². The standard InChI is InChI=1S/C32H31N9/c1-7-26-23(15-20(1)16-30-33-13-14-41(30)32-36-11-12-37-32)18-28(39-26)21-2-4-22(5-3-21)29-19-24-17-25(6-8-27(24)40-29)38-31-34-9-10-35-31/h1-8,15,17H,9-14,16,18-19H2,(H,36,37)(H2,34,35,38). The normalized spacial score (nSPS) is 18.6. The summed E-state index contributed by atoms with van der Waals surface area (Å²) >= 11 is 0. The average molecular weight is 542 g/mol. The third-order valence-electron chi connectivity index (χ3n) is 8.14. The molecule has 204 valence electrons. The van der Waals surface area contributed by atoms with E-state index in [0.29, 0.717) is 0 Å². The number of benzene rings is 3. The maximum Gasteiger partial charge on any atom is 0.199 e. The van der Waals surface area contributed by atoms with Crippen molar-refractivity contribution in [3.8, 4) is 0 Å². The molecule has 3 aromatic carbocycles. The molecule has 0 bridgehead atoms. The van der Waals surface area contributed by atoms with Crippen molar-refractivity contribution in [2.24, 2.45) is 25.0 Å². The first-order valence-corrected chi connectivity index (χ1v) is 14.4. The van der Waals surface area contributed by atoms with Crippen LogP contribution < -0.4 is 16.0 Å². The zero-order valence-corrected chi connectivity index (χ0v) is 22.8. The molecule has 5 aliphatic heterocycles. The monoisotopic (exact) mass is 541 g/mol. The van der Waals surface area contributed by atoms with E-state index < -0.39 is 0 Å². The Morgan fingerprint density at radius 1 is 0.707 bits per heavy atom. The quantitative estimate of drug-likeness (QED) is 0.459. The summed E-state index contributed by atoms with van der Waals surface area (Å²) in [5, 5.41) is 10.0. The molecule has 8 rings (SSSR count). The lowest BCUT2D eigenvalue weighted by Crippen LogP contribution is -2.41. The highest BCUT2D eigenvalue weighted by Gasteiger charge is 2.25. The van der Waals surface area contributed by atoms with Gasteiger partial charge in [0.15, 0.2) is 11.9 Å². The van der Waals surface area contributed by atoms with Crippen LogP contribution in [0.1, 0.15) is 27.8 Å². The molecule has 41 heavy (non-hydrogen) atoms. The van der Waals surface area contributed by atoms with Gasteiger partial charge in [-0.3, -0.25) is 29.9 Å². The summed E-state index contributed by atoms with van der Waals surface area (Å²) in [6.45, 7) is 5.19. The molecule has 0 amide bonds. The number of anilines is 1. The molecule has 0 aromatic heterocycles. The zero-order valence-electron chi connectivity index (χ0n) is 22.8. The number of fused-ring (bicyclic) bond motifs is 2. The van der Waals surface area contributed by atoms with Gasteiger partial charge in [0.25, 0.3) is 0 Å². The van der Waals surface area contributed by atoms with Crippen LogP contribution in [0.15, 0.2) is 85.6 Å². The van der Waals surface area contributed by atoms with Crippen LogP contribution in [-0.2, 0) is 19.3 Å². The maximum absolute atomic E-state index is 4.98. The molecule has 5 aliphatic rings. The van der Waals surface area contributed by atoms with Crippen LogP contribution in [0, 0.1) is 0 Å². The highest BCUT2D eigenvalue weighted by atomic mass is 15.4. The SMILES string of the molecule is c1cc2c(cc1CC1=NCCN1C1=NCCN1)CC(c1ccc(C3=Nc4ccc(NC5=NCCN5)cc4C3)cc1)=N2. The minimum atomic E-state index is 0.811. The molecule has 3 aromatic rings. The average Bonchev–Trinajstić information content (AvgIpc) is 3.83. The third-order valence-corrected chi connectivity index (χ3v) is 8.14. The summed E-state index contributed by atoms with van der Waals surface area (Å²) in [5.41, 5.74) is 11.5. The molecule has 3 N–H and O–H groups in total. The van der Waals surface area contributed by atoms with Crippen molar-refractivity contribution < 1.29 is 0 Å². The van der Waals surface area contributed by atoms with Crippen LogP contribution in [0.2, 0.25) is 0 Å². The minimum absolute atomic E-state index is 0.811. The number of nitrogens with zero attached hydrogens (tertiary/aromatic N) is 6. The van der Waals surface area contributed by atoms with Gasteiger partial charge >= 0.3 is 0 Å². The van der Waals surface area contributed by atoms with Gasteiger partial charge in [0.1, 0.15) is 5.84 Å². The molecule has 0 unspecified atom stereocenters. The van der Waals surface area contributed by atoms with Crippen LogP contribution in [0.3, 0.4) is 0 Å². The molecule has 9 nitrogen and oxygen atoms in total. The summed E-state index contributed by atoms with van der Waals surface area (Å²) in [6.07, 6.45) is 2.48. The number of guanidine groups is 2. The largest absolute Gasteiger partial charge is 0.354 e. The van der Waals surface area contributed by atoms with Gasteiger partial charge in [-0.2, -0.15) is 0 Å². The molecule has 0 radical (unpaired) electrons. The first kappa shape index (κ1) is 24.0. The smallest absolute Gasteiger partial charge is 0.199 e. The highest BCUT2D eigenvalue weighted by Crippen LogP contribution is 2.33. The fraction of sp³-hybridized carbons (Fsp3) is 0.281. The summed E-state index contributed by atoms with van der Waals surface area (Å²) in [6, 6.07) is 21.7. The molecule has 9 heteroatoms. The number of hydrogen-bond acceptors (Lipinski definition) is 9. The van der Waals surface area contributed by atoms with Gasteiger partial charge in [-0.1, -0.05) is 36.4 Å². The van der Waals surface area contributed by atoms with Gasteiger partial charge < -0.3 is 16.0 Å². The van der Waals surface area contributed by atoms with E-state index in [1.54, 1.807) is 0 Å². The molecule has 0 saturated heterocycles. The van der Waals surface area contributed by atoms with Gasteiger partial charge in [-0.15, -0.1) is 0 Å². The van der Waals surface area contributed by atoms with E-state index in [1.165, 1.54) is 16.7 Å². The summed E-state index contributed by atoms with van der Waals surface area (Å²) in [4.78, 5) is 25.9. The van der Waals surface area contributed by atoms with Crippen molar-refractivity contribution in [1.29, 1.82) is 0 Å². The van der Waals surface area contributed by atoms with Crippen LogP contribution in [0.5, 0.6) is 0 Å². The zero-order chi connectivity index (χ0) is 27.2. The van der Waals surface area contributed by atoms with E-state index >= 15 is 0 Å². The van der Waals surface area contributed by atoms with Crippen molar-refractivity contribution in [3.63, 3.8) is 0 Å². The van der Waals surface area contributed by atoms with E-state index in [-0.39, 0.29) is 0 Å². The Balaban J connectivity index is 0.927. The van der Waals surface area contributed by atoms with Crippen molar-refractivity contribution in [3.05, 3.63) is 88.5 Å². The fourth-order valence-electron chi connectivity index (χ4n) is 6.07. The number of hydrogen-bond donors (Lipinski definition) is 3. The molecular weight excluding hydrogens is 510 g/mol. The lowest BCUT2D eigenvalue weighted by Gasteiger charge is -2.20. The summed E-state index contributed by atoms with van der Waals surface area (Å²) in [7, 11) is 0. The molecular formula is C32H31N9. The third kappa shape index (κ3) is 4.67. The van der Waals surface area contributed by atoms with Crippen molar-refractivity contribution in [2.75, 3.05) is 44.6 Å². The minimum Gasteiger partial charge on any atom is -0.354 e. The Labute approximate surface area is 239 Å². The first-order chi connectivity index (χ1) is 20.2. The van der Waals surface area contributed by atoms with Crippen molar-refractivity contribution >= 4 is 46.2 Å². The van der Waals surface area contributed by atoms with Gasteiger partial charge in [-0.25, -0.2) is 0 Å². The topological polar surface area (TPSA) is 101 Å². The number of aliphatic imine (C=N–C) groups is 5. The second-order valence-electron chi connectivity index (χ2n) is 10.9.